The van der Waals surface area contributed by atoms with E-state index in [1.807, 2.05) is 6.07 Å². The molecule has 0 spiro atoms. The average molecular weight is 1180 g/mol. The second kappa shape index (κ2) is 25.5. The predicted octanol–water partition coefficient (Wildman–Crippen LogP) is 2.45. The van der Waals surface area contributed by atoms with Gasteiger partial charge in [0.15, 0.2) is 0 Å². The van der Waals surface area contributed by atoms with Crippen molar-refractivity contribution in [3.8, 4) is 11.8 Å². The molecule has 6 atom stereocenters. The summed E-state index contributed by atoms with van der Waals surface area (Å²) in [5.41, 5.74) is 5.34. The smallest absolute Gasteiger partial charge is 0.370 e. The number of hydrogen-bond acceptors (Lipinski definition) is 13. The van der Waals surface area contributed by atoms with Gasteiger partial charge in [-0.1, -0.05) is 37.2 Å². The number of nitrogens with zero attached hydrogens (tertiary/aromatic N) is 5. The monoisotopic (exact) mass is 1180 g/mol. The van der Waals surface area contributed by atoms with E-state index in [9.17, 15) is 67.1 Å². The second-order valence-corrected chi connectivity index (χ2v) is 25.0. The van der Waals surface area contributed by atoms with E-state index < -0.39 is 84.8 Å². The Balaban J connectivity index is 0.849. The number of fused-ring (bicyclic) bond motifs is 3. The topological polar surface area (TPSA) is 339 Å². The molecule has 1 saturated carbocycles. The molecule has 9 amide bonds. The van der Waals surface area contributed by atoms with Crippen LogP contribution in [0.2, 0.25) is 0 Å². The van der Waals surface area contributed by atoms with Crippen molar-refractivity contribution in [3.05, 3.63) is 69.0 Å². The number of hydrogen-bond donors (Lipinski definition) is 7. The first kappa shape index (κ1) is 60.1. The van der Waals surface area contributed by atoms with Crippen molar-refractivity contribution >= 4 is 98.7 Å². The third kappa shape index (κ3) is 13.5. The fraction of sp³-hybridized carbons (Fsp3) is 0.526. The van der Waals surface area contributed by atoms with Crippen LogP contribution in [0.4, 0.5) is 0 Å². The summed E-state index contributed by atoms with van der Waals surface area (Å²) in [6, 6.07) is 4.64. The molecule has 1 unspecified atom stereocenters. The molecule has 4 aliphatic heterocycles. The van der Waals surface area contributed by atoms with E-state index in [0.717, 1.165) is 37.0 Å². The van der Waals surface area contributed by atoms with E-state index in [1.165, 1.54) is 50.1 Å². The summed E-state index contributed by atoms with van der Waals surface area (Å²) >= 11 is 1.00. The lowest BCUT2D eigenvalue weighted by molar-refractivity contribution is -0.145. The fourth-order valence-corrected chi connectivity index (χ4v) is 13.9. The summed E-state index contributed by atoms with van der Waals surface area (Å²) in [6.07, 6.45) is 7.49. The molecular formula is C57H69N10O14PS. The van der Waals surface area contributed by atoms with Crippen LogP contribution in [0, 0.1) is 23.7 Å². The van der Waals surface area contributed by atoms with Crippen molar-refractivity contribution in [1.29, 1.82) is 0 Å². The van der Waals surface area contributed by atoms with Crippen molar-refractivity contribution in [3.63, 3.8) is 0 Å². The number of carbonyl (C=O) groups is 10. The highest BCUT2D eigenvalue weighted by Crippen LogP contribution is 2.40. The highest BCUT2D eigenvalue weighted by atomic mass is 32.1. The molecule has 4 aromatic rings. The van der Waals surface area contributed by atoms with Gasteiger partial charge in [0.05, 0.1) is 21.5 Å². The van der Waals surface area contributed by atoms with Gasteiger partial charge >= 0.3 is 13.3 Å². The first-order valence-electron chi connectivity index (χ1n) is 28.3. The van der Waals surface area contributed by atoms with Crippen LogP contribution in [0.15, 0.2) is 47.3 Å². The predicted molar refractivity (Wildman–Crippen MR) is 303 cm³/mol. The van der Waals surface area contributed by atoms with Crippen LogP contribution in [0.1, 0.15) is 141 Å². The Morgan fingerprint density at radius 3 is 2.31 bits per heavy atom. The number of likely N-dealkylation sites (tertiary alicyclic amines) is 1. The molecule has 0 radical (unpaired) electrons. The average Bonchev–Trinajstić information content (AvgIpc) is 4.07. The first-order valence-corrected chi connectivity index (χ1v) is 30.7. The number of imide groups is 1. The lowest BCUT2D eigenvalue weighted by Crippen LogP contribution is -2.62. The molecule has 26 heteroatoms. The lowest BCUT2D eigenvalue weighted by atomic mass is 9.82. The van der Waals surface area contributed by atoms with Gasteiger partial charge in [-0.15, -0.1) is 11.3 Å². The summed E-state index contributed by atoms with van der Waals surface area (Å²) in [4.78, 5) is 171. The Bertz CT molecular complexity index is 3450. The van der Waals surface area contributed by atoms with E-state index >= 15 is 0 Å². The van der Waals surface area contributed by atoms with Crippen molar-refractivity contribution in [2.45, 2.75) is 146 Å². The number of benzene rings is 2. The van der Waals surface area contributed by atoms with Gasteiger partial charge in [0, 0.05) is 75.7 Å². The van der Waals surface area contributed by atoms with Gasteiger partial charge in [-0.3, -0.25) is 67.0 Å². The number of nitrogens with two attached hydrogens (primary N) is 1. The van der Waals surface area contributed by atoms with Crippen LogP contribution >= 0.6 is 18.9 Å². The Hall–Kier alpha value is -7.52. The molecule has 5 aliphatic rings. The summed E-state index contributed by atoms with van der Waals surface area (Å²) in [7, 11) is -3.46. The lowest BCUT2D eigenvalue weighted by Gasteiger charge is -2.39. The molecule has 2 aromatic carbocycles. The number of aryl methyl sites for hydroxylation is 1. The van der Waals surface area contributed by atoms with Crippen LogP contribution < -0.4 is 32.7 Å². The van der Waals surface area contributed by atoms with Gasteiger partial charge < -0.3 is 46.2 Å². The zero-order valence-corrected chi connectivity index (χ0v) is 48.0. The van der Waals surface area contributed by atoms with Crippen molar-refractivity contribution in [1.82, 2.24) is 45.1 Å². The molecule has 83 heavy (non-hydrogen) atoms. The normalized spacial score (nSPS) is 21.7. The minimum absolute atomic E-state index is 0.0965. The van der Waals surface area contributed by atoms with Crippen molar-refractivity contribution < 1.29 is 62.3 Å². The highest BCUT2D eigenvalue weighted by molar-refractivity contribution is 7.70. The summed E-state index contributed by atoms with van der Waals surface area (Å²) in [5.74, 6) is 1.62. The quantitative estimate of drug-likeness (QED) is 0.0482. The van der Waals surface area contributed by atoms with Crippen LogP contribution in [0.5, 0.6) is 0 Å². The number of amides is 9. The first-order chi connectivity index (χ1) is 39.6. The Labute approximate surface area is 481 Å². The minimum Gasteiger partial charge on any atom is -0.370 e. The Morgan fingerprint density at radius 2 is 1.61 bits per heavy atom. The molecule has 24 nitrogen and oxygen atoms in total. The van der Waals surface area contributed by atoms with Gasteiger partial charge in [0.1, 0.15) is 30.2 Å². The van der Waals surface area contributed by atoms with Gasteiger partial charge in [0.2, 0.25) is 47.3 Å². The zero-order valence-electron chi connectivity index (χ0n) is 46.3. The molecule has 8 N–H and O–H groups in total. The SMILES string of the molecule is CC(=O)N1CC[C@H]2CC[C@@H](C(=O)N[C@@H](CCC(N)=O)C(=O)N[C@H](C(=O)N3CCC(CCC#Cc4cccc5c4n(C)c(=O)n5C4CCC(=O)NC4=O)CC3)C3CCCCC3)N2C(=O)[C@@H](NC(=O)c2cc3cc(C(=O)P(=O)(O)O)ccc3s2)C1. The molecule has 6 heterocycles. The number of carbonyl (C=O) groups excluding carboxylic acids is 10. The number of aromatic nitrogens is 2. The number of para-hydroxylation sites is 1. The molecule has 5 fully saturated rings. The van der Waals surface area contributed by atoms with Gasteiger partial charge in [-0.2, -0.15) is 0 Å². The van der Waals surface area contributed by atoms with Gasteiger partial charge in [-0.25, -0.2) is 4.79 Å². The summed E-state index contributed by atoms with van der Waals surface area (Å²) in [6.45, 7) is 2.20. The maximum atomic E-state index is 14.7. The van der Waals surface area contributed by atoms with E-state index in [1.54, 1.807) is 24.1 Å². The number of primary amides is 1. The minimum atomic E-state index is -5.09. The number of nitrogens with one attached hydrogen (secondary N) is 4. The molecular weight excluding hydrogens is 1110 g/mol. The zero-order chi connectivity index (χ0) is 59.4. The largest absolute Gasteiger partial charge is 0.396 e. The number of piperidine rings is 2. The third-order valence-corrected chi connectivity index (χ3v) is 18.8. The van der Waals surface area contributed by atoms with E-state index in [0.29, 0.717) is 84.7 Å². The highest BCUT2D eigenvalue weighted by Gasteiger charge is 2.47. The standard InChI is InChI=1S/C57H69N10O14PS/c1-32(68)65-28-25-38-16-18-42(66(38)54(75)40(31-65)60-53(74)45-30-37-29-36(15-20-44(37)83-45)56(77)82(79,80)81)51(72)59-39(17-21-46(58)69)50(71)62-48(34-10-4-3-5-11-34)55(76)64-26-23-33(24-27-64)9-6-7-12-35-13-8-14-41-49(35)63(2)57(78)67(41)43-19-22-47(70)61-52(43)73/h8,13-15,20,29-30,33-34,38-40,42-43,48H,3-6,9-11,16-19,21-28,31H2,1-2H3,(H2,58,69)(H,59,72)(H,60,74)(H,62,71)(H,61,70,73)(H2,79,80,81)/t38-,39+,40+,42+,43?,48+/m1/s1. The van der Waals surface area contributed by atoms with E-state index in [4.69, 9.17) is 5.73 Å². The molecule has 0 bridgehead atoms. The van der Waals surface area contributed by atoms with E-state index in [-0.39, 0.29) is 90.9 Å². The van der Waals surface area contributed by atoms with E-state index in [2.05, 4.69) is 33.1 Å². The fourth-order valence-electron chi connectivity index (χ4n) is 12.5. The number of rotatable bonds is 16. The maximum Gasteiger partial charge on any atom is 0.396 e. The van der Waals surface area contributed by atoms with Crippen LogP contribution in [0.3, 0.4) is 0 Å². The molecule has 4 saturated heterocycles. The van der Waals surface area contributed by atoms with Gasteiger partial charge in [-0.05, 0) is 118 Å². The second-order valence-electron chi connectivity index (χ2n) is 22.4. The third-order valence-electron chi connectivity index (χ3n) is 16.9. The van der Waals surface area contributed by atoms with Crippen LogP contribution in [-0.4, -0.2) is 149 Å². The summed E-state index contributed by atoms with van der Waals surface area (Å²) < 4.78 is 15.1. The Kier molecular flexibility index (Phi) is 18.5. The maximum absolute atomic E-state index is 14.7. The van der Waals surface area contributed by atoms with Crippen LogP contribution in [-0.2, 0) is 50.0 Å². The van der Waals surface area contributed by atoms with Crippen molar-refractivity contribution in [2.75, 3.05) is 26.2 Å². The molecule has 2 aromatic heterocycles. The Morgan fingerprint density at radius 1 is 0.880 bits per heavy atom. The molecule has 9 rings (SSSR count). The van der Waals surface area contributed by atoms with Crippen molar-refractivity contribution in [2.24, 2.45) is 24.6 Å². The molecule has 1 aliphatic carbocycles. The summed E-state index contributed by atoms with van der Waals surface area (Å²) in [5, 5.41) is 11.2. The van der Waals surface area contributed by atoms with Crippen LogP contribution in [0.25, 0.3) is 21.1 Å². The van der Waals surface area contributed by atoms with Gasteiger partial charge in [0.25, 0.3) is 11.4 Å². The molecule has 442 valence electrons. The number of thiophene rings is 1. The number of imidazole rings is 1.